The monoisotopic (exact) mass is 539 g/mol. The van der Waals surface area contributed by atoms with Crippen molar-refractivity contribution in [1.82, 2.24) is 0 Å². The smallest absolute Gasteiger partial charge is 0.150 e. The molecule has 0 saturated carbocycles. The van der Waals surface area contributed by atoms with Gasteiger partial charge in [0.05, 0.1) is 52.6 Å². The van der Waals surface area contributed by atoms with Crippen molar-refractivity contribution in [2.24, 2.45) is 0 Å². The van der Waals surface area contributed by atoms with E-state index in [4.69, 9.17) is 20.5 Å². The fourth-order valence-corrected chi connectivity index (χ4v) is 3.88. The van der Waals surface area contributed by atoms with E-state index in [2.05, 4.69) is 60.7 Å². The van der Waals surface area contributed by atoms with E-state index in [0.717, 1.165) is 36.0 Å². The summed E-state index contributed by atoms with van der Waals surface area (Å²) in [7, 11) is 0. The number of nitriles is 3. The minimum atomic E-state index is 0.529. The van der Waals surface area contributed by atoms with Gasteiger partial charge in [0, 0.05) is 22.3 Å². The maximum absolute atomic E-state index is 9.12. The Morgan fingerprint density at radius 3 is 1.21 bits per heavy atom. The summed E-state index contributed by atoms with van der Waals surface area (Å²) in [6.45, 7) is 2.67. The summed E-state index contributed by atoms with van der Waals surface area (Å²) in [6, 6.07) is 31.5. The van der Waals surface area contributed by atoms with Crippen LogP contribution in [0, 0.1) is 69.5 Å². The van der Waals surface area contributed by atoms with Crippen molar-refractivity contribution in [2.75, 3.05) is 6.61 Å². The molecule has 4 nitrogen and oxygen atoms in total. The van der Waals surface area contributed by atoms with E-state index in [1.807, 2.05) is 48.5 Å². The third kappa shape index (κ3) is 8.16. The van der Waals surface area contributed by atoms with Gasteiger partial charge in [-0.05, 0) is 91.3 Å². The van der Waals surface area contributed by atoms with Crippen LogP contribution in [-0.2, 0) is 0 Å². The molecule has 0 amide bonds. The van der Waals surface area contributed by atoms with E-state index >= 15 is 0 Å². The lowest BCUT2D eigenvalue weighted by molar-refractivity contribution is 0.304. The average Bonchev–Trinajstić information content (AvgIpc) is 3.05. The van der Waals surface area contributed by atoms with Crippen LogP contribution in [0.1, 0.15) is 76.3 Å². The molecule has 4 aromatic rings. The van der Waals surface area contributed by atoms with Crippen LogP contribution in [0.4, 0.5) is 0 Å². The van der Waals surface area contributed by atoms with E-state index in [1.165, 1.54) is 0 Å². The number of rotatable bonds is 5. The van der Waals surface area contributed by atoms with Gasteiger partial charge >= 0.3 is 0 Å². The summed E-state index contributed by atoms with van der Waals surface area (Å²) in [4.78, 5) is 0. The molecule has 42 heavy (non-hydrogen) atoms. The molecule has 0 bridgehead atoms. The molecule has 4 rings (SSSR count). The van der Waals surface area contributed by atoms with Crippen molar-refractivity contribution in [2.45, 2.75) is 26.2 Å². The zero-order chi connectivity index (χ0) is 29.6. The van der Waals surface area contributed by atoms with E-state index in [9.17, 15) is 0 Å². The topological polar surface area (TPSA) is 80.6 Å². The summed E-state index contributed by atoms with van der Waals surface area (Å²) in [5, 5.41) is 27.3. The number of benzene rings is 4. The minimum Gasteiger partial charge on any atom is -0.491 e. The van der Waals surface area contributed by atoms with Gasteiger partial charge in [-0.2, -0.15) is 15.8 Å². The number of ether oxygens (including phenoxy) is 1. The minimum absolute atomic E-state index is 0.529. The Hall–Kier alpha value is -6.17. The van der Waals surface area contributed by atoms with Crippen LogP contribution in [0.3, 0.4) is 0 Å². The van der Waals surface area contributed by atoms with E-state index < -0.39 is 0 Å². The standard InChI is InChI=1S/C38H25N3O/c1-2-3-4-23-42-38-36(21-19-30-7-14-33(27-40)15-8-30)24-35(18-11-29-5-12-32(26-39)13-6-29)25-37(38)22-20-31-9-16-34(28-41)17-10-31/h5-10,12-17,24-25H,2-4,23H2,1H3. The Morgan fingerprint density at radius 1 is 0.476 bits per heavy atom. The Labute approximate surface area is 247 Å². The first-order valence-corrected chi connectivity index (χ1v) is 13.5. The molecule has 0 spiro atoms. The molecule has 0 unspecified atom stereocenters. The van der Waals surface area contributed by atoms with Gasteiger partial charge in [-0.3, -0.25) is 0 Å². The molecular formula is C38H25N3O. The molecule has 0 aliphatic heterocycles. The van der Waals surface area contributed by atoms with Crippen LogP contribution in [0.5, 0.6) is 5.75 Å². The van der Waals surface area contributed by atoms with E-state index in [1.54, 1.807) is 36.4 Å². The van der Waals surface area contributed by atoms with Crippen LogP contribution >= 0.6 is 0 Å². The normalized spacial score (nSPS) is 9.29. The number of hydrogen-bond acceptors (Lipinski definition) is 4. The average molecular weight is 540 g/mol. The third-order valence-electron chi connectivity index (χ3n) is 6.16. The predicted octanol–water partition coefficient (Wildman–Crippen LogP) is 7.07. The zero-order valence-electron chi connectivity index (χ0n) is 23.2. The summed E-state index contributed by atoms with van der Waals surface area (Å²) in [5.41, 5.74) is 6.07. The lowest BCUT2D eigenvalue weighted by atomic mass is 10.0. The molecule has 0 radical (unpaired) electrons. The summed E-state index contributed by atoms with van der Waals surface area (Å²) in [6.07, 6.45) is 3.03. The number of hydrogen-bond donors (Lipinski definition) is 0. The first kappa shape index (κ1) is 28.8. The van der Waals surface area contributed by atoms with Crippen LogP contribution < -0.4 is 4.74 Å². The van der Waals surface area contributed by atoms with Crippen molar-refractivity contribution in [3.05, 3.63) is 135 Å². The molecule has 0 aliphatic rings. The molecule has 198 valence electrons. The van der Waals surface area contributed by atoms with Crippen molar-refractivity contribution < 1.29 is 4.74 Å². The molecule has 0 atom stereocenters. The van der Waals surface area contributed by atoms with Gasteiger partial charge in [0.25, 0.3) is 0 Å². The van der Waals surface area contributed by atoms with E-state index in [-0.39, 0.29) is 0 Å². The van der Waals surface area contributed by atoms with Gasteiger partial charge in [0.2, 0.25) is 0 Å². The molecule has 0 saturated heterocycles. The van der Waals surface area contributed by atoms with Gasteiger partial charge in [0.1, 0.15) is 0 Å². The second-order valence-electron chi connectivity index (χ2n) is 9.27. The summed E-state index contributed by atoms with van der Waals surface area (Å²) >= 11 is 0. The fraction of sp³-hybridized carbons (Fsp3) is 0.132. The Bertz CT molecular complexity index is 1780. The maximum atomic E-state index is 9.12. The Kier molecular flexibility index (Phi) is 10.2. The molecule has 0 heterocycles. The first-order valence-electron chi connectivity index (χ1n) is 13.5. The van der Waals surface area contributed by atoms with Crippen LogP contribution in [0.2, 0.25) is 0 Å². The molecule has 0 aromatic heterocycles. The van der Waals surface area contributed by atoms with Gasteiger partial charge in [-0.1, -0.05) is 55.3 Å². The van der Waals surface area contributed by atoms with Crippen LogP contribution in [0.15, 0.2) is 84.9 Å². The molecule has 0 N–H and O–H groups in total. The van der Waals surface area contributed by atoms with Crippen molar-refractivity contribution in [3.63, 3.8) is 0 Å². The Morgan fingerprint density at radius 2 is 0.833 bits per heavy atom. The molecule has 4 heteroatoms. The quantitative estimate of drug-likeness (QED) is 0.201. The van der Waals surface area contributed by atoms with Gasteiger partial charge in [-0.15, -0.1) is 0 Å². The van der Waals surface area contributed by atoms with Crippen molar-refractivity contribution >= 4 is 0 Å². The summed E-state index contributed by atoms with van der Waals surface area (Å²) < 4.78 is 6.29. The highest BCUT2D eigenvalue weighted by atomic mass is 16.5. The molecule has 0 fully saturated rings. The fourth-order valence-electron chi connectivity index (χ4n) is 3.88. The highest BCUT2D eigenvalue weighted by Gasteiger charge is 2.11. The van der Waals surface area contributed by atoms with Gasteiger partial charge in [-0.25, -0.2) is 0 Å². The van der Waals surface area contributed by atoms with Gasteiger partial charge in [0.15, 0.2) is 5.75 Å². The molecule has 0 aliphatic carbocycles. The molecular weight excluding hydrogens is 514 g/mol. The second-order valence-corrected chi connectivity index (χ2v) is 9.27. The summed E-state index contributed by atoms with van der Waals surface area (Å²) in [5.74, 6) is 19.8. The highest BCUT2D eigenvalue weighted by Crippen LogP contribution is 2.26. The van der Waals surface area contributed by atoms with Crippen LogP contribution in [0.25, 0.3) is 0 Å². The van der Waals surface area contributed by atoms with Crippen molar-refractivity contribution in [1.29, 1.82) is 15.8 Å². The third-order valence-corrected chi connectivity index (χ3v) is 6.16. The van der Waals surface area contributed by atoms with Crippen molar-refractivity contribution in [3.8, 4) is 59.5 Å². The second kappa shape index (κ2) is 14.8. The lowest BCUT2D eigenvalue weighted by Crippen LogP contribution is -2.02. The van der Waals surface area contributed by atoms with Gasteiger partial charge < -0.3 is 4.74 Å². The lowest BCUT2D eigenvalue weighted by Gasteiger charge is -2.11. The number of nitrogens with zero attached hydrogens (tertiary/aromatic N) is 3. The van der Waals surface area contributed by atoms with E-state index in [0.29, 0.717) is 45.7 Å². The predicted molar refractivity (Wildman–Crippen MR) is 163 cm³/mol. The highest BCUT2D eigenvalue weighted by molar-refractivity contribution is 5.63. The number of unbranched alkanes of at least 4 members (excludes halogenated alkanes) is 2. The van der Waals surface area contributed by atoms with Crippen LogP contribution in [-0.4, -0.2) is 6.61 Å². The SMILES string of the molecule is CCCCCOc1c(C#Cc2ccc(C#N)cc2)cc(C#Cc2ccc(C#N)cc2)cc1C#Cc1ccc(C#N)cc1. The Balaban J connectivity index is 1.82. The molecule has 4 aromatic carbocycles. The maximum Gasteiger partial charge on any atom is 0.150 e. The zero-order valence-corrected chi connectivity index (χ0v) is 23.2. The largest absolute Gasteiger partial charge is 0.491 e. The first-order chi connectivity index (χ1) is 20.6.